The van der Waals surface area contributed by atoms with Gasteiger partial charge in [-0.2, -0.15) is 0 Å². The van der Waals surface area contributed by atoms with Crippen LogP contribution in [0.1, 0.15) is 0 Å². The van der Waals surface area contributed by atoms with E-state index >= 15 is 0 Å². The molecule has 0 spiro atoms. The van der Waals surface area contributed by atoms with E-state index in [-0.39, 0.29) is 32.7 Å². The molecule has 0 aromatic rings. The zero-order valence-electron chi connectivity index (χ0n) is 3.42. The summed E-state index contributed by atoms with van der Waals surface area (Å²) in [6.45, 7) is 1.03. The monoisotopic (exact) mass is 176 g/mol. The van der Waals surface area contributed by atoms with Crippen LogP contribution in [-0.4, -0.2) is 17.8 Å². The Kier molecular flexibility index (Phi) is 5.09. The van der Waals surface area contributed by atoms with Crippen LogP contribution in [0.3, 0.4) is 0 Å². The van der Waals surface area contributed by atoms with Crippen molar-refractivity contribution >= 4 is 17.3 Å². The number of aliphatic imine (C=N–C) groups is 1. The van der Waals surface area contributed by atoms with Crippen molar-refractivity contribution in [3.05, 3.63) is 0 Å². The Balaban J connectivity index is 0.000000250. The van der Waals surface area contributed by atoms with Crippen LogP contribution in [-0.2, 0) is 32.7 Å². The summed E-state index contributed by atoms with van der Waals surface area (Å²) in [6.07, 6.45) is 0. The maximum Gasteiger partial charge on any atom is 0.0542 e. The third-order valence-corrected chi connectivity index (χ3v) is 1.20. The Morgan fingerprint density at radius 1 is 1.67 bits per heavy atom. The van der Waals surface area contributed by atoms with Gasteiger partial charge in [-0.25, -0.2) is 0 Å². The van der Waals surface area contributed by atoms with Crippen molar-refractivity contribution in [2.45, 2.75) is 0 Å². The van der Waals surface area contributed by atoms with Crippen LogP contribution in [0.5, 0.6) is 0 Å². The number of nitrogens with zero attached hydrogens (tertiary/aromatic N) is 1. The van der Waals surface area contributed by atoms with Gasteiger partial charge in [0.15, 0.2) is 0 Å². The summed E-state index contributed by atoms with van der Waals surface area (Å²) in [5.74, 6) is 1.19. The standard InChI is InChI=1S/C3H5NS.Y/c1-2-5-3-4-1;/h3H,1-2H2;. The maximum atomic E-state index is 3.92. The predicted molar refractivity (Wildman–Crippen MR) is 25.8 cm³/mol. The van der Waals surface area contributed by atoms with E-state index in [1.807, 2.05) is 5.55 Å². The van der Waals surface area contributed by atoms with E-state index in [0.717, 1.165) is 6.54 Å². The van der Waals surface area contributed by atoms with Crippen LogP contribution in [0, 0.1) is 0 Å². The molecule has 31 valence electrons. The molecule has 0 unspecified atom stereocenters. The summed E-state index contributed by atoms with van der Waals surface area (Å²) >= 11 is 1.78. The normalized spacial score (nSPS) is 17.3. The van der Waals surface area contributed by atoms with Crippen molar-refractivity contribution in [2.75, 3.05) is 12.3 Å². The number of thioether (sulfide) groups is 1. The molecule has 0 N–H and O–H groups in total. The fourth-order valence-electron chi connectivity index (χ4n) is 0.264. The second kappa shape index (κ2) is 4.29. The first-order chi connectivity index (χ1) is 2.50. The molecule has 0 aromatic heterocycles. The van der Waals surface area contributed by atoms with Gasteiger partial charge >= 0.3 is 0 Å². The molecule has 0 saturated carbocycles. The van der Waals surface area contributed by atoms with E-state index in [9.17, 15) is 0 Å². The van der Waals surface area contributed by atoms with Gasteiger partial charge in [-0.1, -0.05) is 0 Å². The molecule has 0 atom stereocenters. The zero-order valence-corrected chi connectivity index (χ0v) is 7.08. The van der Waals surface area contributed by atoms with Gasteiger partial charge in [0, 0.05) is 45.0 Å². The van der Waals surface area contributed by atoms with E-state index in [1.165, 1.54) is 5.75 Å². The minimum atomic E-state index is 0. The Bertz CT molecular complexity index is 48.8. The molecule has 0 saturated heterocycles. The Morgan fingerprint density at radius 3 is 2.67 bits per heavy atom. The summed E-state index contributed by atoms with van der Waals surface area (Å²) < 4.78 is 0. The van der Waals surface area contributed by atoms with Gasteiger partial charge in [0.2, 0.25) is 0 Å². The SMILES string of the molecule is C1=NCCS1.[Y]. The molecule has 0 fully saturated rings. The van der Waals surface area contributed by atoms with Crippen LogP contribution in [0.2, 0.25) is 0 Å². The van der Waals surface area contributed by atoms with Gasteiger partial charge in [0.05, 0.1) is 5.55 Å². The van der Waals surface area contributed by atoms with Gasteiger partial charge in [0.1, 0.15) is 0 Å². The molecule has 1 aliphatic heterocycles. The molecule has 0 aliphatic carbocycles. The molecule has 0 aromatic carbocycles. The average molecular weight is 176 g/mol. The first kappa shape index (κ1) is 7.12. The van der Waals surface area contributed by atoms with Gasteiger partial charge < -0.3 is 0 Å². The van der Waals surface area contributed by atoms with Gasteiger partial charge in [-0.3, -0.25) is 4.99 Å². The fraction of sp³-hybridized carbons (Fsp3) is 0.667. The Labute approximate surface area is 66.9 Å². The maximum absolute atomic E-state index is 3.92. The molecular formula is C3H5NSY. The zero-order chi connectivity index (χ0) is 3.54. The largest absolute Gasteiger partial charge is 0.285 e. The van der Waals surface area contributed by atoms with Crippen LogP contribution >= 0.6 is 11.8 Å². The molecule has 0 amide bonds. The molecule has 1 radical (unpaired) electrons. The van der Waals surface area contributed by atoms with Gasteiger partial charge in [-0.15, -0.1) is 11.8 Å². The van der Waals surface area contributed by atoms with Crippen molar-refractivity contribution in [1.82, 2.24) is 0 Å². The van der Waals surface area contributed by atoms with Crippen molar-refractivity contribution in [2.24, 2.45) is 4.99 Å². The summed E-state index contributed by atoms with van der Waals surface area (Å²) in [5, 5.41) is 0. The average Bonchev–Trinajstić information content (AvgIpc) is 1.76. The molecule has 1 aliphatic rings. The summed E-state index contributed by atoms with van der Waals surface area (Å²) in [4.78, 5) is 3.92. The van der Waals surface area contributed by atoms with E-state index in [0.29, 0.717) is 0 Å². The second-order valence-corrected chi connectivity index (χ2v) is 1.83. The molecular weight excluding hydrogens is 171 g/mol. The Hall–Kier alpha value is 1.12. The second-order valence-electron chi connectivity index (χ2n) is 0.882. The fourth-order valence-corrected chi connectivity index (χ4v) is 0.791. The quantitative estimate of drug-likeness (QED) is 0.530. The molecule has 1 nitrogen and oxygen atoms in total. The smallest absolute Gasteiger partial charge is 0.0542 e. The third-order valence-electron chi connectivity index (χ3n) is 0.487. The topological polar surface area (TPSA) is 12.4 Å². The van der Waals surface area contributed by atoms with E-state index in [1.54, 1.807) is 11.8 Å². The minimum Gasteiger partial charge on any atom is -0.285 e. The minimum absolute atomic E-state index is 0. The van der Waals surface area contributed by atoms with E-state index in [4.69, 9.17) is 0 Å². The first-order valence-corrected chi connectivity index (χ1v) is 2.65. The van der Waals surface area contributed by atoms with Gasteiger partial charge in [0.25, 0.3) is 0 Å². The van der Waals surface area contributed by atoms with Crippen LogP contribution in [0.25, 0.3) is 0 Å². The van der Waals surface area contributed by atoms with Crippen molar-refractivity contribution < 1.29 is 32.7 Å². The predicted octanol–water partition coefficient (Wildman–Crippen LogP) is 0.759. The van der Waals surface area contributed by atoms with Crippen LogP contribution < -0.4 is 0 Å². The van der Waals surface area contributed by atoms with E-state index in [2.05, 4.69) is 4.99 Å². The Morgan fingerprint density at radius 2 is 2.50 bits per heavy atom. The van der Waals surface area contributed by atoms with Gasteiger partial charge in [-0.05, 0) is 0 Å². The molecule has 1 rings (SSSR count). The number of rotatable bonds is 0. The summed E-state index contributed by atoms with van der Waals surface area (Å²) in [6, 6.07) is 0. The number of hydrogen-bond acceptors (Lipinski definition) is 2. The van der Waals surface area contributed by atoms with Crippen molar-refractivity contribution in [1.29, 1.82) is 0 Å². The van der Waals surface area contributed by atoms with Crippen molar-refractivity contribution in [3.63, 3.8) is 0 Å². The molecule has 1 heterocycles. The molecule has 0 bridgehead atoms. The summed E-state index contributed by atoms with van der Waals surface area (Å²) in [5.41, 5.74) is 1.90. The molecule has 6 heavy (non-hydrogen) atoms. The molecule has 3 heteroatoms. The summed E-state index contributed by atoms with van der Waals surface area (Å²) in [7, 11) is 0. The number of hydrogen-bond donors (Lipinski definition) is 0. The van der Waals surface area contributed by atoms with Crippen LogP contribution in [0.15, 0.2) is 4.99 Å². The van der Waals surface area contributed by atoms with E-state index < -0.39 is 0 Å². The van der Waals surface area contributed by atoms with Crippen LogP contribution in [0.4, 0.5) is 0 Å². The van der Waals surface area contributed by atoms with Crippen molar-refractivity contribution in [3.8, 4) is 0 Å². The first-order valence-electron chi connectivity index (χ1n) is 1.60. The third kappa shape index (κ3) is 2.32.